The fraction of sp³-hybridized carbons (Fsp3) is 0.923. The lowest BCUT2D eigenvalue weighted by Crippen LogP contribution is -2.48. The van der Waals surface area contributed by atoms with Crippen LogP contribution < -0.4 is 5.32 Å². The van der Waals surface area contributed by atoms with Gasteiger partial charge in [-0.05, 0) is 38.1 Å². The molecule has 0 amide bonds. The molecule has 1 aliphatic heterocycles. The number of carbonyl (C=O) groups is 1. The van der Waals surface area contributed by atoms with E-state index >= 15 is 0 Å². The number of rotatable bonds is 6. The topological polar surface area (TPSA) is 38.3 Å². The Morgan fingerprint density at radius 3 is 2.75 bits per heavy atom. The molecule has 0 aliphatic carbocycles. The van der Waals surface area contributed by atoms with Crippen LogP contribution in [0.25, 0.3) is 0 Å². The van der Waals surface area contributed by atoms with Crippen LogP contribution in [0.4, 0.5) is 0 Å². The van der Waals surface area contributed by atoms with Crippen LogP contribution in [0.1, 0.15) is 52.9 Å². The number of ether oxygens (including phenoxy) is 1. The van der Waals surface area contributed by atoms with E-state index in [2.05, 4.69) is 26.1 Å². The Morgan fingerprint density at radius 2 is 2.25 bits per heavy atom. The molecule has 1 unspecified atom stereocenters. The summed E-state index contributed by atoms with van der Waals surface area (Å²) in [6.45, 7) is 7.90. The molecule has 1 rings (SSSR count). The minimum Gasteiger partial charge on any atom is -0.464 e. The van der Waals surface area contributed by atoms with Crippen molar-refractivity contribution in [1.29, 1.82) is 0 Å². The second-order valence-electron chi connectivity index (χ2n) is 5.18. The van der Waals surface area contributed by atoms with Gasteiger partial charge in [-0.2, -0.15) is 0 Å². The van der Waals surface area contributed by atoms with Gasteiger partial charge in [-0.1, -0.05) is 27.2 Å². The van der Waals surface area contributed by atoms with Crippen LogP contribution in [0.5, 0.6) is 0 Å². The molecule has 0 spiro atoms. The molecule has 1 fully saturated rings. The Bertz CT molecular complexity index is 220. The average Bonchev–Trinajstić information content (AvgIpc) is 2.67. The summed E-state index contributed by atoms with van der Waals surface area (Å²) < 4.78 is 5.39. The first-order chi connectivity index (χ1) is 7.60. The number of carbonyl (C=O) groups excluding carboxylic acids is 1. The molecule has 0 aromatic carbocycles. The molecule has 1 aliphatic rings. The largest absolute Gasteiger partial charge is 0.464 e. The molecular formula is C13H25NO2. The predicted molar refractivity (Wildman–Crippen MR) is 65.3 cm³/mol. The Labute approximate surface area is 98.9 Å². The molecule has 16 heavy (non-hydrogen) atoms. The summed E-state index contributed by atoms with van der Waals surface area (Å²) in [7, 11) is 0. The summed E-state index contributed by atoms with van der Waals surface area (Å²) in [5, 5.41) is 3.33. The lowest BCUT2D eigenvalue weighted by atomic mass is 9.92. The normalized spacial score (nSPS) is 25.0. The van der Waals surface area contributed by atoms with E-state index in [4.69, 9.17) is 4.74 Å². The molecule has 0 aromatic rings. The predicted octanol–water partition coefficient (Wildman–Crippen LogP) is 2.50. The summed E-state index contributed by atoms with van der Waals surface area (Å²) in [6.07, 6.45) is 4.88. The maximum atomic E-state index is 12.1. The summed E-state index contributed by atoms with van der Waals surface area (Å²) in [6, 6.07) is 0. The molecule has 3 heteroatoms. The van der Waals surface area contributed by atoms with Crippen molar-refractivity contribution in [3.8, 4) is 0 Å². The summed E-state index contributed by atoms with van der Waals surface area (Å²) >= 11 is 0. The maximum absolute atomic E-state index is 12.1. The third-order valence-electron chi connectivity index (χ3n) is 3.24. The average molecular weight is 227 g/mol. The van der Waals surface area contributed by atoms with Crippen LogP contribution >= 0.6 is 0 Å². The van der Waals surface area contributed by atoms with E-state index in [1.165, 1.54) is 0 Å². The monoisotopic (exact) mass is 227 g/mol. The molecule has 3 nitrogen and oxygen atoms in total. The highest BCUT2D eigenvalue weighted by atomic mass is 16.5. The SMILES string of the molecule is CCCC1(C(=O)OCCC(C)C)CCCN1. The van der Waals surface area contributed by atoms with E-state index in [0.717, 1.165) is 38.6 Å². The highest BCUT2D eigenvalue weighted by Gasteiger charge is 2.41. The van der Waals surface area contributed by atoms with E-state index in [0.29, 0.717) is 12.5 Å². The highest BCUT2D eigenvalue weighted by molar-refractivity contribution is 5.81. The third kappa shape index (κ3) is 3.48. The van der Waals surface area contributed by atoms with Crippen molar-refractivity contribution >= 4 is 5.97 Å². The molecular weight excluding hydrogens is 202 g/mol. The molecule has 0 saturated carbocycles. The summed E-state index contributed by atoms with van der Waals surface area (Å²) in [4.78, 5) is 12.1. The minimum absolute atomic E-state index is 0.0347. The van der Waals surface area contributed by atoms with Gasteiger partial charge in [0.25, 0.3) is 0 Å². The van der Waals surface area contributed by atoms with Crippen LogP contribution in [-0.2, 0) is 9.53 Å². The van der Waals surface area contributed by atoms with E-state index in [1.54, 1.807) is 0 Å². The van der Waals surface area contributed by atoms with E-state index in [-0.39, 0.29) is 11.5 Å². The number of hydrogen-bond donors (Lipinski definition) is 1. The minimum atomic E-state index is -0.369. The van der Waals surface area contributed by atoms with Crippen molar-refractivity contribution < 1.29 is 9.53 Å². The van der Waals surface area contributed by atoms with Gasteiger partial charge in [0.1, 0.15) is 5.54 Å². The van der Waals surface area contributed by atoms with E-state index in [1.807, 2.05) is 0 Å². The maximum Gasteiger partial charge on any atom is 0.326 e. The van der Waals surface area contributed by atoms with Crippen molar-refractivity contribution in [3.63, 3.8) is 0 Å². The van der Waals surface area contributed by atoms with Crippen LogP contribution in [0, 0.1) is 5.92 Å². The van der Waals surface area contributed by atoms with Crippen molar-refractivity contribution in [2.24, 2.45) is 5.92 Å². The van der Waals surface area contributed by atoms with Gasteiger partial charge in [-0.15, -0.1) is 0 Å². The highest BCUT2D eigenvalue weighted by Crippen LogP contribution is 2.26. The van der Waals surface area contributed by atoms with Gasteiger partial charge in [-0.3, -0.25) is 4.79 Å². The van der Waals surface area contributed by atoms with E-state index in [9.17, 15) is 4.79 Å². The molecule has 1 heterocycles. The standard InChI is InChI=1S/C13H25NO2/c1-4-7-13(8-5-9-14-13)12(15)16-10-6-11(2)3/h11,14H,4-10H2,1-3H3. The quantitative estimate of drug-likeness (QED) is 0.709. The zero-order valence-electron chi connectivity index (χ0n) is 10.8. The number of esters is 1. The number of nitrogens with one attached hydrogen (secondary N) is 1. The molecule has 0 radical (unpaired) electrons. The summed E-state index contributed by atoms with van der Waals surface area (Å²) in [5.74, 6) is 0.555. The molecule has 0 bridgehead atoms. The first-order valence-electron chi connectivity index (χ1n) is 6.53. The fourth-order valence-corrected chi connectivity index (χ4v) is 2.25. The van der Waals surface area contributed by atoms with Gasteiger partial charge < -0.3 is 10.1 Å². The van der Waals surface area contributed by atoms with Gasteiger partial charge in [-0.25, -0.2) is 0 Å². The van der Waals surface area contributed by atoms with Crippen molar-refractivity contribution in [2.45, 2.75) is 58.4 Å². The smallest absolute Gasteiger partial charge is 0.326 e. The first kappa shape index (κ1) is 13.5. The molecule has 1 N–H and O–H groups in total. The van der Waals surface area contributed by atoms with Gasteiger partial charge in [0.05, 0.1) is 6.61 Å². The second-order valence-corrected chi connectivity index (χ2v) is 5.18. The second kappa shape index (κ2) is 6.24. The van der Waals surface area contributed by atoms with Crippen molar-refractivity contribution in [2.75, 3.05) is 13.2 Å². The Kier molecular flexibility index (Phi) is 5.26. The van der Waals surface area contributed by atoms with Gasteiger partial charge in [0, 0.05) is 0 Å². The van der Waals surface area contributed by atoms with Crippen molar-refractivity contribution in [3.05, 3.63) is 0 Å². The Balaban J connectivity index is 2.42. The van der Waals surface area contributed by atoms with Crippen LogP contribution in [0.3, 0.4) is 0 Å². The lowest BCUT2D eigenvalue weighted by Gasteiger charge is -2.26. The Hall–Kier alpha value is -0.570. The molecule has 94 valence electrons. The van der Waals surface area contributed by atoms with Gasteiger partial charge in [0.15, 0.2) is 0 Å². The van der Waals surface area contributed by atoms with Gasteiger partial charge in [0.2, 0.25) is 0 Å². The zero-order chi connectivity index (χ0) is 12.0. The van der Waals surface area contributed by atoms with Crippen molar-refractivity contribution in [1.82, 2.24) is 5.32 Å². The van der Waals surface area contributed by atoms with E-state index < -0.39 is 0 Å². The first-order valence-corrected chi connectivity index (χ1v) is 6.53. The molecule has 1 atom stereocenters. The van der Waals surface area contributed by atoms with Crippen LogP contribution in [-0.4, -0.2) is 24.7 Å². The third-order valence-corrected chi connectivity index (χ3v) is 3.24. The van der Waals surface area contributed by atoms with Gasteiger partial charge >= 0.3 is 5.97 Å². The number of hydrogen-bond acceptors (Lipinski definition) is 3. The fourth-order valence-electron chi connectivity index (χ4n) is 2.25. The Morgan fingerprint density at radius 1 is 1.50 bits per heavy atom. The molecule has 1 saturated heterocycles. The van der Waals surface area contributed by atoms with Crippen LogP contribution in [0.15, 0.2) is 0 Å². The zero-order valence-corrected chi connectivity index (χ0v) is 10.8. The van der Waals surface area contributed by atoms with Crippen LogP contribution in [0.2, 0.25) is 0 Å². The summed E-state index contributed by atoms with van der Waals surface area (Å²) in [5.41, 5.74) is -0.369. The molecule has 0 aromatic heterocycles. The lowest BCUT2D eigenvalue weighted by molar-refractivity contribution is -0.151.